The lowest BCUT2D eigenvalue weighted by molar-refractivity contribution is -0.393. The molecule has 0 aromatic heterocycles. The first-order valence-electron chi connectivity index (χ1n) is 3.33. The van der Waals surface area contributed by atoms with E-state index in [-0.39, 0.29) is 6.92 Å². The quantitative estimate of drug-likeness (QED) is 0.648. The second-order valence-electron chi connectivity index (χ2n) is 2.41. The van der Waals surface area contributed by atoms with Gasteiger partial charge in [0.25, 0.3) is 0 Å². The van der Waals surface area contributed by atoms with Crippen molar-refractivity contribution < 1.29 is 31.1 Å². The lowest BCUT2D eigenvalue weighted by atomic mass is 10.2. The van der Waals surface area contributed by atoms with Crippen molar-refractivity contribution in [1.29, 1.82) is 0 Å². The summed E-state index contributed by atoms with van der Waals surface area (Å²) in [5, 5.41) is 0. The van der Waals surface area contributed by atoms with E-state index in [0.717, 1.165) is 6.92 Å². The highest BCUT2D eigenvalue weighted by atomic mass is 19.3. The van der Waals surface area contributed by atoms with Crippen molar-refractivity contribution in [2.45, 2.75) is 31.8 Å². The maximum absolute atomic E-state index is 12.3. The van der Waals surface area contributed by atoms with Crippen LogP contribution in [0.2, 0.25) is 0 Å². The average molecular weight is 210 g/mol. The van der Waals surface area contributed by atoms with Gasteiger partial charge in [0.1, 0.15) is 0 Å². The summed E-state index contributed by atoms with van der Waals surface area (Å²) in [5.74, 6) is -10.3. The molecule has 7 heteroatoms. The number of hydrogen-bond acceptors (Lipinski definition) is 1. The molecule has 0 radical (unpaired) electrons. The number of rotatable bonds is 4. The number of hydrogen-bond donors (Lipinski definition) is 0. The average Bonchev–Trinajstić information content (AvgIpc) is 1.84. The van der Waals surface area contributed by atoms with Crippen molar-refractivity contribution in [2.24, 2.45) is 0 Å². The third-order valence-corrected chi connectivity index (χ3v) is 1.24. The van der Waals surface area contributed by atoms with Gasteiger partial charge in [0.2, 0.25) is 0 Å². The van der Waals surface area contributed by atoms with Crippen LogP contribution in [0.5, 0.6) is 0 Å². The predicted molar refractivity (Wildman–Crippen MR) is 32.1 cm³/mol. The Morgan fingerprint density at radius 3 is 1.62 bits per heavy atom. The van der Waals surface area contributed by atoms with E-state index in [2.05, 4.69) is 4.74 Å². The Balaban J connectivity index is 4.81. The SMILES string of the molecule is CCOC(F)(F)C(F)(F)C(C)(F)F. The van der Waals surface area contributed by atoms with Crippen LogP contribution in [0.1, 0.15) is 13.8 Å². The van der Waals surface area contributed by atoms with Gasteiger partial charge in [-0.3, -0.25) is 0 Å². The summed E-state index contributed by atoms with van der Waals surface area (Å²) in [7, 11) is 0. The van der Waals surface area contributed by atoms with Crippen LogP contribution in [0, 0.1) is 0 Å². The Morgan fingerprint density at radius 2 is 1.38 bits per heavy atom. The molecule has 0 aromatic rings. The molecule has 0 N–H and O–H groups in total. The maximum Gasteiger partial charge on any atom is 0.425 e. The van der Waals surface area contributed by atoms with Crippen LogP contribution >= 0.6 is 0 Å². The lowest BCUT2D eigenvalue weighted by Gasteiger charge is -2.29. The molecule has 0 saturated heterocycles. The highest BCUT2D eigenvalue weighted by Crippen LogP contribution is 2.45. The second-order valence-corrected chi connectivity index (χ2v) is 2.41. The number of ether oxygens (including phenoxy) is 1. The molecule has 0 aromatic carbocycles. The summed E-state index contributed by atoms with van der Waals surface area (Å²) in [5.41, 5.74) is 0. The third-order valence-electron chi connectivity index (χ3n) is 1.24. The maximum atomic E-state index is 12.3. The van der Waals surface area contributed by atoms with Crippen LogP contribution in [0.4, 0.5) is 26.3 Å². The number of halogens is 6. The first kappa shape index (κ1) is 12.5. The van der Waals surface area contributed by atoms with Crippen molar-refractivity contribution in [3.05, 3.63) is 0 Å². The molecule has 0 aliphatic heterocycles. The van der Waals surface area contributed by atoms with E-state index in [9.17, 15) is 26.3 Å². The van der Waals surface area contributed by atoms with Gasteiger partial charge in [-0.15, -0.1) is 0 Å². The Morgan fingerprint density at radius 1 is 1.00 bits per heavy atom. The normalized spacial score (nSPS) is 14.8. The fourth-order valence-electron chi connectivity index (χ4n) is 0.527. The summed E-state index contributed by atoms with van der Waals surface area (Å²) in [6.07, 6.45) is -5.15. The van der Waals surface area contributed by atoms with E-state index in [0.29, 0.717) is 0 Å². The molecule has 13 heavy (non-hydrogen) atoms. The Kier molecular flexibility index (Phi) is 3.24. The zero-order valence-electron chi connectivity index (χ0n) is 6.88. The van der Waals surface area contributed by atoms with Gasteiger partial charge in [0, 0.05) is 6.92 Å². The van der Waals surface area contributed by atoms with Gasteiger partial charge in [-0.25, -0.2) is 0 Å². The molecular weight excluding hydrogens is 202 g/mol. The van der Waals surface area contributed by atoms with E-state index in [1.165, 1.54) is 0 Å². The minimum Gasteiger partial charge on any atom is -0.316 e. The van der Waals surface area contributed by atoms with E-state index >= 15 is 0 Å². The van der Waals surface area contributed by atoms with Gasteiger partial charge < -0.3 is 4.74 Å². The summed E-state index contributed by atoms with van der Waals surface area (Å²) < 4.78 is 76.3. The van der Waals surface area contributed by atoms with Gasteiger partial charge in [0.15, 0.2) is 0 Å². The molecular formula is C6H8F6O. The molecule has 0 saturated carbocycles. The van der Waals surface area contributed by atoms with E-state index in [1.54, 1.807) is 0 Å². The first-order valence-corrected chi connectivity index (χ1v) is 3.33. The van der Waals surface area contributed by atoms with Gasteiger partial charge in [-0.2, -0.15) is 26.3 Å². The van der Waals surface area contributed by atoms with Gasteiger partial charge in [-0.1, -0.05) is 0 Å². The Bertz CT molecular complexity index is 172. The highest BCUT2D eigenvalue weighted by Gasteiger charge is 2.70. The zero-order valence-corrected chi connectivity index (χ0v) is 6.88. The van der Waals surface area contributed by atoms with E-state index in [4.69, 9.17) is 0 Å². The zero-order chi connectivity index (χ0) is 10.9. The van der Waals surface area contributed by atoms with Crippen molar-refractivity contribution in [1.82, 2.24) is 0 Å². The summed E-state index contributed by atoms with van der Waals surface area (Å²) >= 11 is 0. The topological polar surface area (TPSA) is 9.23 Å². The van der Waals surface area contributed by atoms with Crippen molar-refractivity contribution in [3.63, 3.8) is 0 Å². The van der Waals surface area contributed by atoms with Crippen molar-refractivity contribution in [3.8, 4) is 0 Å². The first-order chi connectivity index (χ1) is 5.56. The molecule has 0 heterocycles. The highest BCUT2D eigenvalue weighted by molar-refractivity contribution is 4.88. The van der Waals surface area contributed by atoms with Crippen LogP contribution in [-0.2, 0) is 4.74 Å². The van der Waals surface area contributed by atoms with Crippen LogP contribution in [0.15, 0.2) is 0 Å². The minimum absolute atomic E-state index is 0.292. The second kappa shape index (κ2) is 3.36. The largest absolute Gasteiger partial charge is 0.425 e. The molecule has 0 atom stereocenters. The molecule has 80 valence electrons. The number of alkyl halides is 6. The van der Waals surface area contributed by atoms with Gasteiger partial charge >= 0.3 is 18.0 Å². The molecule has 0 aliphatic rings. The summed E-state index contributed by atoms with van der Waals surface area (Å²) in [6.45, 7) is -0.0730. The predicted octanol–water partition coefficient (Wildman–Crippen LogP) is 2.91. The van der Waals surface area contributed by atoms with Crippen LogP contribution in [0.3, 0.4) is 0 Å². The third kappa shape index (κ3) is 2.26. The smallest absolute Gasteiger partial charge is 0.316 e. The van der Waals surface area contributed by atoms with Crippen molar-refractivity contribution >= 4 is 0 Å². The standard InChI is InChI=1S/C6H8F6O/c1-3-13-6(11,12)5(9,10)4(2,7)8/h3H2,1-2H3. The molecule has 0 bridgehead atoms. The van der Waals surface area contributed by atoms with Gasteiger partial charge in [-0.05, 0) is 6.92 Å². The van der Waals surface area contributed by atoms with Gasteiger partial charge in [0.05, 0.1) is 6.61 Å². The van der Waals surface area contributed by atoms with Crippen LogP contribution in [-0.4, -0.2) is 24.6 Å². The van der Waals surface area contributed by atoms with E-state index < -0.39 is 24.6 Å². The van der Waals surface area contributed by atoms with Crippen LogP contribution < -0.4 is 0 Å². The monoisotopic (exact) mass is 210 g/mol. The van der Waals surface area contributed by atoms with Crippen LogP contribution in [0.25, 0.3) is 0 Å². The molecule has 0 spiro atoms. The molecule has 1 nitrogen and oxygen atoms in total. The summed E-state index contributed by atoms with van der Waals surface area (Å²) in [6, 6.07) is 0. The minimum atomic E-state index is -5.50. The van der Waals surface area contributed by atoms with Crippen molar-refractivity contribution in [2.75, 3.05) is 6.61 Å². The Labute approximate surface area is 70.7 Å². The fourth-order valence-corrected chi connectivity index (χ4v) is 0.527. The van der Waals surface area contributed by atoms with E-state index in [1.807, 2.05) is 0 Å². The lowest BCUT2D eigenvalue weighted by Crippen LogP contribution is -2.53. The molecule has 0 amide bonds. The molecule has 0 aliphatic carbocycles. The summed E-state index contributed by atoms with van der Waals surface area (Å²) in [4.78, 5) is 0. The molecule has 0 rings (SSSR count). The molecule has 0 unspecified atom stereocenters. The molecule has 0 fully saturated rings. The Hall–Kier alpha value is -0.460. The fraction of sp³-hybridized carbons (Fsp3) is 1.00.